The van der Waals surface area contributed by atoms with Crippen molar-refractivity contribution in [3.63, 3.8) is 0 Å². The van der Waals surface area contributed by atoms with Gasteiger partial charge in [-0.1, -0.05) is 98.5 Å². The van der Waals surface area contributed by atoms with E-state index in [0.29, 0.717) is 10.7 Å². The van der Waals surface area contributed by atoms with Crippen LogP contribution in [0, 0.1) is 6.92 Å². The fourth-order valence-corrected chi connectivity index (χ4v) is 6.70. The van der Waals surface area contributed by atoms with Gasteiger partial charge in [-0.3, -0.25) is 9.10 Å². The number of nitrogens with zero attached hydrogens (tertiary/aromatic N) is 2. The number of carbonyl (C=O) groups is 1. The number of para-hydroxylation sites is 1. The van der Waals surface area contributed by atoms with Crippen LogP contribution in [-0.4, -0.2) is 20.0 Å². The molecule has 3 aromatic rings. The van der Waals surface area contributed by atoms with Gasteiger partial charge in [0.2, 0.25) is 0 Å². The maximum Gasteiger partial charge on any atom is 0.273 e. The normalized spacial score (nSPS) is 15.3. The lowest BCUT2D eigenvalue weighted by Crippen LogP contribution is -2.33. The predicted molar refractivity (Wildman–Crippen MR) is 168 cm³/mol. The number of amides is 1. The Hall–Kier alpha value is -3.16. The molecule has 0 heterocycles. The summed E-state index contributed by atoms with van der Waals surface area (Å²) < 4.78 is 29.3. The van der Waals surface area contributed by atoms with Crippen LogP contribution in [0.25, 0.3) is 0 Å². The van der Waals surface area contributed by atoms with Crippen molar-refractivity contribution >= 4 is 38.9 Å². The van der Waals surface area contributed by atoms with Gasteiger partial charge in [0.15, 0.2) is 0 Å². The Morgan fingerprint density at radius 2 is 1.37 bits per heavy atom. The second-order valence-corrected chi connectivity index (χ2v) is 13.1. The van der Waals surface area contributed by atoms with Crippen LogP contribution in [0.3, 0.4) is 0 Å². The lowest BCUT2D eigenvalue weighted by atomic mass is 10.00. The molecule has 218 valence electrons. The number of anilines is 1. The minimum Gasteiger partial charge on any atom is -0.267 e. The number of aryl methyl sites for hydroxylation is 1. The molecule has 41 heavy (non-hydrogen) atoms. The van der Waals surface area contributed by atoms with Crippen LogP contribution < -0.4 is 9.73 Å². The summed E-state index contributed by atoms with van der Waals surface area (Å²) in [6.07, 6.45) is 12.6. The lowest BCUT2D eigenvalue weighted by molar-refractivity contribution is 0.0955. The van der Waals surface area contributed by atoms with Crippen LogP contribution >= 0.6 is 11.6 Å². The van der Waals surface area contributed by atoms with Crippen molar-refractivity contribution in [1.29, 1.82) is 0 Å². The predicted octanol–water partition coefficient (Wildman–Crippen LogP) is 8.43. The second-order valence-electron chi connectivity index (χ2n) is 10.8. The van der Waals surface area contributed by atoms with Crippen LogP contribution in [0.15, 0.2) is 82.8 Å². The molecule has 0 bridgehead atoms. The Morgan fingerprint density at radius 3 is 1.98 bits per heavy atom. The summed E-state index contributed by atoms with van der Waals surface area (Å²) in [6, 6.07) is 20.6. The topological polar surface area (TPSA) is 78.8 Å². The third-order valence-corrected chi connectivity index (χ3v) is 9.54. The van der Waals surface area contributed by atoms with Crippen LogP contribution in [0.4, 0.5) is 5.69 Å². The molecule has 8 heteroatoms. The van der Waals surface area contributed by atoms with E-state index < -0.39 is 15.9 Å². The Kier molecular flexibility index (Phi) is 11.4. The van der Waals surface area contributed by atoms with Crippen LogP contribution in [0.2, 0.25) is 5.02 Å². The first-order valence-electron chi connectivity index (χ1n) is 14.6. The number of carbonyl (C=O) groups excluding carboxylic acids is 1. The Labute approximate surface area is 249 Å². The summed E-state index contributed by atoms with van der Waals surface area (Å²) in [5.41, 5.74) is 6.00. The first-order chi connectivity index (χ1) is 19.8. The molecule has 1 aliphatic carbocycles. The average molecular weight is 594 g/mol. The molecule has 0 radical (unpaired) electrons. The molecule has 1 N–H and O–H groups in total. The fraction of sp³-hybridized carbons (Fsp3) is 0.394. The van der Waals surface area contributed by atoms with E-state index in [1.807, 2.05) is 6.92 Å². The standard InChI is InChI=1S/C33H40ClN3O3S/c1-26-17-23-30(24-18-26)41(39,40)37(25-27-19-21-28(34)22-20-27)32-16-12-11-15-31(32)33(38)36-35-29-13-9-7-5-3-2-4-6-8-10-14-29/h11-12,15-24H,2-10,13-14,25H2,1H3,(H,36,38). The molecule has 1 saturated carbocycles. The fourth-order valence-electron chi connectivity index (χ4n) is 5.10. The molecule has 1 aliphatic rings. The zero-order chi connectivity index (χ0) is 29.1. The van der Waals surface area contributed by atoms with E-state index in [1.54, 1.807) is 72.8 Å². The number of nitrogens with one attached hydrogen (secondary N) is 1. The number of hydrogen-bond donors (Lipinski definition) is 1. The largest absolute Gasteiger partial charge is 0.273 e. The minimum absolute atomic E-state index is 0.0339. The number of benzene rings is 3. The van der Waals surface area contributed by atoms with Gasteiger partial charge in [0.25, 0.3) is 15.9 Å². The van der Waals surface area contributed by atoms with Gasteiger partial charge in [-0.25, -0.2) is 13.8 Å². The van der Waals surface area contributed by atoms with E-state index in [2.05, 4.69) is 10.5 Å². The number of rotatable bonds is 7. The van der Waals surface area contributed by atoms with Crippen molar-refractivity contribution < 1.29 is 13.2 Å². The van der Waals surface area contributed by atoms with Gasteiger partial charge in [-0.05, 0) is 74.6 Å². The third-order valence-electron chi connectivity index (χ3n) is 7.51. The zero-order valence-corrected chi connectivity index (χ0v) is 25.4. The van der Waals surface area contributed by atoms with Crippen LogP contribution in [0.5, 0.6) is 0 Å². The summed E-state index contributed by atoms with van der Waals surface area (Å²) in [5, 5.41) is 5.11. The van der Waals surface area contributed by atoms with Crippen molar-refractivity contribution in [3.05, 3.63) is 94.5 Å². The number of hydrogen-bond acceptors (Lipinski definition) is 4. The molecular weight excluding hydrogens is 554 g/mol. The summed E-state index contributed by atoms with van der Waals surface area (Å²) in [5.74, 6) is -0.431. The maximum atomic E-state index is 14.0. The van der Waals surface area contributed by atoms with Gasteiger partial charge in [0.1, 0.15) is 0 Å². The van der Waals surface area contributed by atoms with E-state index in [1.165, 1.54) is 49.3 Å². The summed E-state index contributed by atoms with van der Waals surface area (Å²) >= 11 is 6.09. The van der Waals surface area contributed by atoms with E-state index >= 15 is 0 Å². The highest BCUT2D eigenvalue weighted by atomic mass is 35.5. The van der Waals surface area contributed by atoms with E-state index in [4.69, 9.17) is 11.6 Å². The quantitative estimate of drug-likeness (QED) is 0.279. The maximum absolute atomic E-state index is 14.0. The molecule has 0 unspecified atom stereocenters. The molecule has 0 atom stereocenters. The van der Waals surface area contributed by atoms with Gasteiger partial charge >= 0.3 is 0 Å². The van der Waals surface area contributed by atoms with E-state index in [9.17, 15) is 13.2 Å². The minimum atomic E-state index is -4.01. The highest BCUT2D eigenvalue weighted by Crippen LogP contribution is 2.30. The van der Waals surface area contributed by atoms with Crippen molar-refractivity contribution in [2.45, 2.75) is 89.0 Å². The van der Waals surface area contributed by atoms with Crippen LogP contribution in [-0.2, 0) is 16.6 Å². The van der Waals surface area contributed by atoms with Gasteiger partial charge in [-0.2, -0.15) is 5.10 Å². The van der Waals surface area contributed by atoms with Gasteiger partial charge in [-0.15, -0.1) is 0 Å². The Bertz CT molecular complexity index is 1410. The summed E-state index contributed by atoms with van der Waals surface area (Å²) in [4.78, 5) is 13.7. The van der Waals surface area contributed by atoms with E-state index in [0.717, 1.165) is 42.5 Å². The summed E-state index contributed by atoms with van der Waals surface area (Å²) in [6.45, 7) is 1.94. The first-order valence-corrected chi connectivity index (χ1v) is 16.4. The molecule has 4 rings (SSSR count). The molecule has 1 amide bonds. The number of halogens is 1. The molecule has 0 aromatic heterocycles. The van der Waals surface area contributed by atoms with Crippen molar-refractivity contribution in [1.82, 2.24) is 5.43 Å². The van der Waals surface area contributed by atoms with Gasteiger partial charge in [0, 0.05) is 10.7 Å². The van der Waals surface area contributed by atoms with Gasteiger partial charge in [0.05, 0.1) is 22.7 Å². The van der Waals surface area contributed by atoms with Crippen LogP contribution in [0.1, 0.15) is 92.1 Å². The molecule has 6 nitrogen and oxygen atoms in total. The van der Waals surface area contributed by atoms with Gasteiger partial charge < -0.3 is 0 Å². The Balaban J connectivity index is 1.63. The smallest absolute Gasteiger partial charge is 0.267 e. The number of sulfonamides is 1. The first kappa shape index (κ1) is 30.8. The monoisotopic (exact) mass is 593 g/mol. The highest BCUT2D eigenvalue weighted by Gasteiger charge is 2.28. The molecule has 1 fully saturated rings. The van der Waals surface area contributed by atoms with Crippen molar-refractivity contribution in [2.75, 3.05) is 4.31 Å². The SMILES string of the molecule is Cc1ccc(S(=O)(=O)N(Cc2ccc(Cl)cc2)c2ccccc2C(=O)NN=C2CCCCCCCCCCC2)cc1. The highest BCUT2D eigenvalue weighted by molar-refractivity contribution is 7.92. The third kappa shape index (κ3) is 8.91. The second kappa shape index (κ2) is 15.2. The lowest BCUT2D eigenvalue weighted by Gasteiger charge is -2.26. The molecule has 0 aliphatic heterocycles. The Morgan fingerprint density at radius 1 is 0.805 bits per heavy atom. The zero-order valence-electron chi connectivity index (χ0n) is 23.8. The molecule has 0 spiro atoms. The molecule has 3 aromatic carbocycles. The molecule has 0 saturated heterocycles. The van der Waals surface area contributed by atoms with Crippen molar-refractivity contribution in [3.8, 4) is 0 Å². The average Bonchev–Trinajstić information content (AvgIpc) is 2.96. The van der Waals surface area contributed by atoms with Crippen molar-refractivity contribution in [2.24, 2.45) is 5.10 Å². The molecular formula is C33H40ClN3O3S. The van der Waals surface area contributed by atoms with E-state index in [-0.39, 0.29) is 17.0 Å². The number of hydrazone groups is 1. The summed E-state index contributed by atoms with van der Waals surface area (Å²) in [7, 11) is -4.01.